The first-order valence-electron chi connectivity index (χ1n) is 23.3. The molecular weight excluding hydrogens is 901 g/mol. The van der Waals surface area contributed by atoms with E-state index in [-0.39, 0.29) is 43.4 Å². The molecule has 4 aliphatic rings. The number of nitrogens with one attached hydrogen (secondary N) is 4. The van der Waals surface area contributed by atoms with Crippen molar-refractivity contribution < 1.29 is 28.7 Å². The molecule has 6 heterocycles. The number of aromatic nitrogens is 4. The van der Waals surface area contributed by atoms with Crippen molar-refractivity contribution in [2.75, 3.05) is 83.8 Å². The van der Waals surface area contributed by atoms with Crippen LogP contribution < -0.4 is 40.9 Å². The van der Waals surface area contributed by atoms with Gasteiger partial charge >= 0.3 is 12.1 Å². The predicted molar refractivity (Wildman–Crippen MR) is 276 cm³/mol. The van der Waals surface area contributed by atoms with Crippen LogP contribution in [-0.2, 0) is 19.1 Å². The van der Waals surface area contributed by atoms with Crippen LogP contribution in [0.3, 0.4) is 0 Å². The van der Waals surface area contributed by atoms with Crippen LogP contribution in [0.4, 0.5) is 44.0 Å². The Morgan fingerprint density at radius 2 is 0.944 bits per heavy atom. The molecule has 2 saturated heterocycles. The first-order valence-corrected chi connectivity index (χ1v) is 23.3. The van der Waals surface area contributed by atoms with Crippen molar-refractivity contribution in [1.82, 2.24) is 30.6 Å². The average Bonchev–Trinajstić information content (AvgIpc) is 3.39. The third-order valence-electron chi connectivity index (χ3n) is 13.0. The number of nitrogens with zero attached hydrogens (tertiary/aromatic N) is 8. The molecule has 10 rings (SSSR count). The van der Waals surface area contributed by atoms with Crippen molar-refractivity contribution in [3.63, 3.8) is 0 Å². The van der Waals surface area contributed by atoms with Crippen LogP contribution in [0.5, 0.6) is 0 Å². The standard InChI is InChI=1S/2C26H28N6O3.CH4/c2*1-16-4-6-18(7-5-16)17(2)32-21-14-28-23(19-8-10-20(11-9-19)29-26(34)27-3)30-24(21)31-12-13-35-15-22(31)25(32)33;/h2*4-11,14,17,22H,12-13,15H2,1-3H3,(H2,27,29,34);1H4/t17-,22+;17-,22-;/m00./s1. The number of ether oxygens (including phenoxy) is 2. The van der Waals surface area contributed by atoms with E-state index in [2.05, 4.69) is 79.8 Å². The maximum absolute atomic E-state index is 13.6. The SMILES string of the molecule is C.CNC(=O)Nc1ccc(-c2ncc3c(n2)N2CCOC[C@@H]2C(=O)N3[C@@H](C)c2ccc(C)cc2)cc1.CNC(=O)Nc1ccc(-c2ncc3c(n2)N2CCOC[C@H]2C(=O)N3[C@@H](C)c2ccc(C)cc2)cc1. The number of fused-ring (bicyclic) bond motifs is 6. The molecule has 4 aromatic carbocycles. The third kappa shape index (κ3) is 10.2. The summed E-state index contributed by atoms with van der Waals surface area (Å²) in [5.41, 5.74) is 8.79. The number of benzene rings is 4. The number of hydrogen-bond donors (Lipinski definition) is 4. The molecule has 4 aliphatic heterocycles. The van der Waals surface area contributed by atoms with Gasteiger partial charge in [-0.25, -0.2) is 29.5 Å². The zero-order valence-corrected chi connectivity index (χ0v) is 40.0. The normalized spacial score (nSPS) is 17.7. The minimum absolute atomic E-state index is 0. The molecule has 4 atom stereocenters. The summed E-state index contributed by atoms with van der Waals surface area (Å²) in [6.07, 6.45) is 3.48. The Morgan fingerprint density at radius 3 is 1.30 bits per heavy atom. The fourth-order valence-corrected chi connectivity index (χ4v) is 9.04. The van der Waals surface area contributed by atoms with Crippen molar-refractivity contribution in [3.8, 4) is 22.8 Å². The van der Waals surface area contributed by atoms with Crippen molar-refractivity contribution in [2.24, 2.45) is 0 Å². The Labute approximate surface area is 413 Å². The van der Waals surface area contributed by atoms with Crippen LogP contribution in [0.15, 0.2) is 109 Å². The molecule has 4 N–H and O–H groups in total. The Bertz CT molecular complexity index is 2690. The Hall–Kier alpha value is -7.96. The van der Waals surface area contributed by atoms with Gasteiger partial charge in [-0.15, -0.1) is 0 Å². The van der Waals surface area contributed by atoms with Gasteiger partial charge in [-0.2, -0.15) is 0 Å². The van der Waals surface area contributed by atoms with E-state index in [1.807, 2.05) is 61.8 Å². The van der Waals surface area contributed by atoms with Gasteiger partial charge in [-0.1, -0.05) is 67.1 Å². The summed E-state index contributed by atoms with van der Waals surface area (Å²) in [4.78, 5) is 77.1. The third-order valence-corrected chi connectivity index (χ3v) is 13.0. The molecule has 0 saturated carbocycles. The van der Waals surface area contributed by atoms with Crippen molar-refractivity contribution in [1.29, 1.82) is 0 Å². The molecule has 6 aromatic rings. The van der Waals surface area contributed by atoms with E-state index in [1.165, 1.54) is 11.1 Å². The van der Waals surface area contributed by atoms with E-state index in [4.69, 9.17) is 19.4 Å². The second kappa shape index (κ2) is 21.4. The van der Waals surface area contributed by atoms with Crippen LogP contribution >= 0.6 is 0 Å². The van der Waals surface area contributed by atoms with E-state index in [9.17, 15) is 19.2 Å². The van der Waals surface area contributed by atoms with Gasteiger partial charge in [0, 0.05) is 49.7 Å². The summed E-state index contributed by atoms with van der Waals surface area (Å²) in [5, 5.41) is 10.5. The number of morpholine rings is 2. The number of carbonyl (C=O) groups excluding carboxylic acids is 4. The summed E-state index contributed by atoms with van der Waals surface area (Å²) in [5.74, 6) is 2.55. The molecule has 71 heavy (non-hydrogen) atoms. The van der Waals surface area contributed by atoms with Crippen LogP contribution in [0.2, 0.25) is 0 Å². The zero-order chi connectivity index (χ0) is 49.1. The molecule has 6 amide bonds. The number of carbonyl (C=O) groups is 4. The second-order valence-electron chi connectivity index (χ2n) is 17.5. The number of urea groups is 2. The first-order chi connectivity index (χ1) is 33.9. The van der Waals surface area contributed by atoms with Gasteiger partial charge in [-0.3, -0.25) is 19.4 Å². The Balaban J connectivity index is 0.000000188. The molecule has 0 unspecified atom stereocenters. The van der Waals surface area contributed by atoms with Crippen molar-refractivity contribution in [3.05, 3.63) is 132 Å². The van der Waals surface area contributed by atoms with E-state index < -0.39 is 12.1 Å². The van der Waals surface area contributed by atoms with E-state index >= 15 is 0 Å². The lowest BCUT2D eigenvalue weighted by Crippen LogP contribution is -2.59. The molecule has 2 fully saturated rings. The van der Waals surface area contributed by atoms with Crippen LogP contribution in [0.25, 0.3) is 22.8 Å². The smallest absolute Gasteiger partial charge is 0.318 e. The van der Waals surface area contributed by atoms with Crippen LogP contribution in [-0.4, -0.2) is 110 Å². The minimum Gasteiger partial charge on any atom is -0.377 e. The highest BCUT2D eigenvalue weighted by Gasteiger charge is 2.45. The summed E-state index contributed by atoms with van der Waals surface area (Å²) in [7, 11) is 3.13. The number of aryl methyl sites for hydroxylation is 2. The molecule has 368 valence electrons. The molecule has 18 nitrogen and oxygen atoms in total. The molecule has 0 aliphatic carbocycles. The zero-order valence-electron chi connectivity index (χ0n) is 40.0. The number of anilines is 6. The molecular formula is C53H60N12O6. The first kappa shape index (κ1) is 49.5. The maximum Gasteiger partial charge on any atom is 0.318 e. The monoisotopic (exact) mass is 960 g/mol. The Kier molecular flexibility index (Phi) is 14.9. The van der Waals surface area contributed by atoms with Gasteiger partial charge in [0.2, 0.25) is 0 Å². The lowest BCUT2D eigenvalue weighted by molar-refractivity contribution is -0.123. The highest BCUT2D eigenvalue weighted by Crippen LogP contribution is 2.43. The number of hydrogen-bond acceptors (Lipinski definition) is 12. The lowest BCUT2D eigenvalue weighted by atomic mass is 10.0. The fourth-order valence-electron chi connectivity index (χ4n) is 9.04. The summed E-state index contributed by atoms with van der Waals surface area (Å²) in [6.45, 7) is 11.0. The van der Waals surface area contributed by atoms with Gasteiger partial charge < -0.3 is 40.5 Å². The van der Waals surface area contributed by atoms with Gasteiger partial charge in [-0.05, 0) is 87.4 Å². The predicted octanol–water partition coefficient (Wildman–Crippen LogP) is 7.67. The highest BCUT2D eigenvalue weighted by molar-refractivity contribution is 6.06. The van der Waals surface area contributed by atoms with Crippen LogP contribution in [0, 0.1) is 13.8 Å². The lowest BCUT2D eigenvalue weighted by Gasteiger charge is -2.45. The van der Waals surface area contributed by atoms with Gasteiger partial charge in [0.05, 0.1) is 50.9 Å². The second-order valence-corrected chi connectivity index (χ2v) is 17.5. The summed E-state index contributed by atoms with van der Waals surface area (Å²) < 4.78 is 11.3. The van der Waals surface area contributed by atoms with Crippen molar-refractivity contribution >= 4 is 58.3 Å². The van der Waals surface area contributed by atoms with Crippen molar-refractivity contribution in [2.45, 2.75) is 59.3 Å². The minimum atomic E-state index is -0.425. The topological polar surface area (TPSA) is 199 Å². The maximum atomic E-state index is 13.6. The van der Waals surface area contributed by atoms with Gasteiger partial charge in [0.15, 0.2) is 23.3 Å². The number of amides is 6. The van der Waals surface area contributed by atoms with Gasteiger partial charge in [0.25, 0.3) is 11.8 Å². The molecule has 2 aromatic heterocycles. The van der Waals surface area contributed by atoms with E-state index in [0.29, 0.717) is 73.9 Å². The summed E-state index contributed by atoms with van der Waals surface area (Å²) >= 11 is 0. The van der Waals surface area contributed by atoms with Gasteiger partial charge in [0.1, 0.15) is 23.5 Å². The highest BCUT2D eigenvalue weighted by atomic mass is 16.5. The quantitative estimate of drug-likeness (QED) is 0.116. The number of rotatable bonds is 8. The Morgan fingerprint density at radius 1 is 0.577 bits per heavy atom. The largest absolute Gasteiger partial charge is 0.377 e. The molecule has 18 heteroatoms. The van der Waals surface area contributed by atoms with Crippen LogP contribution in [0.1, 0.15) is 55.6 Å². The molecule has 0 radical (unpaired) electrons. The van der Waals surface area contributed by atoms with E-state index in [1.54, 1.807) is 60.6 Å². The fraction of sp³-hybridized carbons (Fsp3) is 0.321. The average molecular weight is 961 g/mol. The van der Waals surface area contributed by atoms with E-state index in [0.717, 1.165) is 33.9 Å². The molecule has 0 bridgehead atoms. The summed E-state index contributed by atoms with van der Waals surface area (Å²) in [6, 6.07) is 29.3. The molecule has 0 spiro atoms.